The number of benzene rings is 2. The van der Waals surface area contributed by atoms with Gasteiger partial charge in [0, 0.05) is 12.6 Å². The van der Waals surface area contributed by atoms with Crippen LogP contribution in [0.3, 0.4) is 0 Å². The third kappa shape index (κ3) is 4.74. The lowest BCUT2D eigenvalue weighted by Crippen LogP contribution is -2.26. The van der Waals surface area contributed by atoms with E-state index in [1.165, 1.54) is 0 Å². The number of H-pyrrole nitrogens is 1. The van der Waals surface area contributed by atoms with E-state index in [0.717, 1.165) is 34.4 Å². The van der Waals surface area contributed by atoms with Gasteiger partial charge in [0.05, 0.1) is 23.2 Å². The molecule has 0 atom stereocenters. The van der Waals surface area contributed by atoms with Gasteiger partial charge in [-0.15, -0.1) is 0 Å². The zero-order valence-electron chi connectivity index (χ0n) is 16.4. The molecule has 0 unspecified atom stereocenters. The summed E-state index contributed by atoms with van der Waals surface area (Å²) in [6, 6.07) is 13.6. The fourth-order valence-corrected chi connectivity index (χ4v) is 3.08. The van der Waals surface area contributed by atoms with Gasteiger partial charge in [-0.05, 0) is 62.9 Å². The number of hydrogen-bond acceptors (Lipinski definition) is 3. The molecule has 142 valence electrons. The van der Waals surface area contributed by atoms with Gasteiger partial charge >= 0.3 is 0 Å². The summed E-state index contributed by atoms with van der Waals surface area (Å²) in [4.78, 5) is 22.3. The molecule has 5 heteroatoms. The number of nitrogens with zero attached hydrogens (tertiary/aromatic N) is 2. The van der Waals surface area contributed by atoms with Gasteiger partial charge in [0.2, 0.25) is 0 Å². The Kier molecular flexibility index (Phi) is 5.33. The Morgan fingerprint density at radius 2 is 1.89 bits per heavy atom. The SMILES string of the molecule is Cc1cccc2[nH]c(CN(C)C(=O)c3ccc(CCC(C)(C)O)cc3)nc12. The number of para-hydroxylation sites is 1. The molecular formula is C22H27N3O2. The molecule has 0 saturated carbocycles. The van der Waals surface area contributed by atoms with E-state index < -0.39 is 5.60 Å². The number of fused-ring (bicyclic) bond motifs is 1. The Labute approximate surface area is 160 Å². The van der Waals surface area contributed by atoms with Crippen LogP contribution in [0.15, 0.2) is 42.5 Å². The highest BCUT2D eigenvalue weighted by Crippen LogP contribution is 2.17. The van der Waals surface area contributed by atoms with Crippen LogP contribution in [0, 0.1) is 6.92 Å². The maximum absolute atomic E-state index is 12.7. The molecule has 2 N–H and O–H groups in total. The predicted molar refractivity (Wildman–Crippen MR) is 108 cm³/mol. The van der Waals surface area contributed by atoms with Crippen molar-refractivity contribution in [1.29, 1.82) is 0 Å². The fourth-order valence-electron chi connectivity index (χ4n) is 3.08. The van der Waals surface area contributed by atoms with Crippen molar-refractivity contribution in [2.24, 2.45) is 0 Å². The summed E-state index contributed by atoms with van der Waals surface area (Å²) in [6.45, 7) is 6.06. The molecule has 1 amide bonds. The zero-order chi connectivity index (χ0) is 19.6. The number of carbonyl (C=O) groups is 1. The van der Waals surface area contributed by atoms with Gasteiger partial charge in [-0.1, -0.05) is 24.3 Å². The van der Waals surface area contributed by atoms with Crippen molar-refractivity contribution in [3.63, 3.8) is 0 Å². The maximum Gasteiger partial charge on any atom is 0.253 e. The van der Waals surface area contributed by atoms with Crippen LogP contribution in [0.5, 0.6) is 0 Å². The Balaban J connectivity index is 1.66. The van der Waals surface area contributed by atoms with E-state index in [-0.39, 0.29) is 5.91 Å². The normalized spacial score (nSPS) is 11.7. The quantitative estimate of drug-likeness (QED) is 0.697. The average Bonchev–Trinajstić information content (AvgIpc) is 3.03. The number of amides is 1. The number of hydrogen-bond donors (Lipinski definition) is 2. The van der Waals surface area contributed by atoms with Crippen LogP contribution in [0.1, 0.15) is 47.6 Å². The van der Waals surface area contributed by atoms with Crippen LogP contribution in [-0.2, 0) is 13.0 Å². The molecular weight excluding hydrogens is 338 g/mol. The van der Waals surface area contributed by atoms with Gasteiger partial charge in [0.1, 0.15) is 5.82 Å². The van der Waals surface area contributed by atoms with Crippen LogP contribution in [0.4, 0.5) is 0 Å². The first-order valence-electron chi connectivity index (χ1n) is 9.24. The first kappa shape index (κ1) is 19.1. The summed E-state index contributed by atoms with van der Waals surface area (Å²) in [5, 5.41) is 9.83. The van der Waals surface area contributed by atoms with Gasteiger partial charge in [0.25, 0.3) is 5.91 Å². The molecule has 3 rings (SSSR count). The minimum atomic E-state index is -0.681. The van der Waals surface area contributed by atoms with Gasteiger partial charge in [-0.2, -0.15) is 0 Å². The predicted octanol–water partition coefficient (Wildman–Crippen LogP) is 3.85. The van der Waals surface area contributed by atoms with Crippen LogP contribution >= 0.6 is 0 Å². The van der Waals surface area contributed by atoms with E-state index >= 15 is 0 Å². The van der Waals surface area contributed by atoms with E-state index in [1.54, 1.807) is 25.8 Å². The van der Waals surface area contributed by atoms with E-state index in [1.807, 2.05) is 49.4 Å². The number of nitrogens with one attached hydrogen (secondary N) is 1. The van der Waals surface area contributed by atoms with Crippen molar-refractivity contribution < 1.29 is 9.90 Å². The fraction of sp³-hybridized carbons (Fsp3) is 0.364. The second-order valence-corrected chi connectivity index (χ2v) is 7.83. The molecule has 1 heterocycles. The number of rotatable bonds is 6. The molecule has 3 aromatic rings. The monoisotopic (exact) mass is 365 g/mol. The van der Waals surface area contributed by atoms with Gasteiger partial charge < -0.3 is 15.0 Å². The summed E-state index contributed by atoms with van der Waals surface area (Å²) in [7, 11) is 1.78. The van der Waals surface area contributed by atoms with Crippen LogP contribution < -0.4 is 0 Å². The van der Waals surface area contributed by atoms with Crippen LogP contribution in [0.25, 0.3) is 11.0 Å². The third-order valence-corrected chi connectivity index (χ3v) is 4.72. The number of aromatic amines is 1. The zero-order valence-corrected chi connectivity index (χ0v) is 16.4. The minimum Gasteiger partial charge on any atom is -0.390 e. The maximum atomic E-state index is 12.7. The van der Waals surface area contributed by atoms with Crippen LogP contribution in [-0.4, -0.2) is 38.5 Å². The molecule has 0 aliphatic carbocycles. The Morgan fingerprint density at radius 1 is 1.19 bits per heavy atom. The van der Waals surface area contributed by atoms with Crippen LogP contribution in [0.2, 0.25) is 0 Å². The molecule has 0 aliphatic heterocycles. The molecule has 0 aliphatic rings. The second kappa shape index (κ2) is 7.53. The molecule has 1 aromatic heterocycles. The molecule has 0 saturated heterocycles. The Hall–Kier alpha value is -2.66. The Bertz CT molecular complexity index is 936. The molecule has 2 aromatic carbocycles. The topological polar surface area (TPSA) is 69.2 Å². The number of imidazole rings is 1. The molecule has 5 nitrogen and oxygen atoms in total. The molecule has 0 fully saturated rings. The molecule has 0 radical (unpaired) electrons. The van der Waals surface area contributed by atoms with E-state index in [0.29, 0.717) is 18.5 Å². The highest BCUT2D eigenvalue weighted by Gasteiger charge is 2.15. The number of aliphatic hydroxyl groups is 1. The smallest absolute Gasteiger partial charge is 0.253 e. The van der Waals surface area contributed by atoms with E-state index in [4.69, 9.17) is 0 Å². The average molecular weight is 365 g/mol. The summed E-state index contributed by atoms with van der Waals surface area (Å²) in [5.41, 5.74) is 4.14. The van der Waals surface area contributed by atoms with Crippen molar-refractivity contribution in [3.05, 3.63) is 65.0 Å². The molecule has 0 bridgehead atoms. The summed E-state index contributed by atoms with van der Waals surface area (Å²) >= 11 is 0. The number of carbonyl (C=O) groups excluding carboxylic acids is 1. The van der Waals surface area contributed by atoms with Crippen molar-refractivity contribution in [2.45, 2.75) is 45.8 Å². The lowest BCUT2D eigenvalue weighted by atomic mass is 9.98. The second-order valence-electron chi connectivity index (χ2n) is 7.83. The van der Waals surface area contributed by atoms with Crippen molar-refractivity contribution in [3.8, 4) is 0 Å². The van der Waals surface area contributed by atoms with Crippen molar-refractivity contribution >= 4 is 16.9 Å². The number of aromatic nitrogens is 2. The Morgan fingerprint density at radius 3 is 2.52 bits per heavy atom. The largest absolute Gasteiger partial charge is 0.390 e. The first-order valence-corrected chi connectivity index (χ1v) is 9.24. The summed E-state index contributed by atoms with van der Waals surface area (Å²) in [5.74, 6) is 0.734. The van der Waals surface area contributed by atoms with Crippen molar-refractivity contribution in [1.82, 2.24) is 14.9 Å². The summed E-state index contributed by atoms with van der Waals surface area (Å²) < 4.78 is 0. The standard InChI is InChI=1S/C22H27N3O2/c1-15-6-5-7-18-20(15)24-19(23-18)14-25(4)21(26)17-10-8-16(9-11-17)12-13-22(2,3)27/h5-11,27H,12-14H2,1-4H3,(H,23,24). The van der Waals surface area contributed by atoms with E-state index in [2.05, 4.69) is 9.97 Å². The minimum absolute atomic E-state index is 0.0405. The van der Waals surface area contributed by atoms with Gasteiger partial charge in [-0.3, -0.25) is 4.79 Å². The number of aryl methyl sites for hydroxylation is 2. The lowest BCUT2D eigenvalue weighted by Gasteiger charge is -2.17. The van der Waals surface area contributed by atoms with Gasteiger partial charge in [-0.25, -0.2) is 4.98 Å². The first-order chi connectivity index (χ1) is 12.7. The van der Waals surface area contributed by atoms with Crippen molar-refractivity contribution in [2.75, 3.05) is 7.05 Å². The third-order valence-electron chi connectivity index (χ3n) is 4.72. The molecule has 0 spiro atoms. The lowest BCUT2D eigenvalue weighted by molar-refractivity contribution is 0.0712. The molecule has 27 heavy (non-hydrogen) atoms. The van der Waals surface area contributed by atoms with E-state index in [9.17, 15) is 9.90 Å². The van der Waals surface area contributed by atoms with Gasteiger partial charge in [0.15, 0.2) is 0 Å². The highest BCUT2D eigenvalue weighted by atomic mass is 16.3. The summed E-state index contributed by atoms with van der Waals surface area (Å²) in [6.07, 6.45) is 1.47. The highest BCUT2D eigenvalue weighted by molar-refractivity contribution is 5.94.